The Morgan fingerprint density at radius 3 is 2.78 bits per heavy atom. The Morgan fingerprint density at radius 2 is 2.22 bits per heavy atom. The molecule has 0 aliphatic rings. The zero-order chi connectivity index (χ0) is 17.0. The van der Waals surface area contributed by atoms with Crippen LogP contribution in [0.25, 0.3) is 0 Å². The lowest BCUT2D eigenvalue weighted by molar-refractivity contribution is -0.384. The number of amides is 1. The van der Waals surface area contributed by atoms with Crippen molar-refractivity contribution in [3.05, 3.63) is 45.7 Å². The summed E-state index contributed by atoms with van der Waals surface area (Å²) in [5, 5.41) is 16.8. The Labute approximate surface area is 130 Å². The molecule has 1 N–H and O–H groups in total. The summed E-state index contributed by atoms with van der Waals surface area (Å²) in [4.78, 5) is 33.1. The summed E-state index contributed by atoms with van der Waals surface area (Å²) in [6.45, 7) is 3.15. The third kappa shape index (κ3) is 3.90. The van der Waals surface area contributed by atoms with Gasteiger partial charge in [-0.1, -0.05) is 5.16 Å². The number of anilines is 1. The van der Waals surface area contributed by atoms with Crippen molar-refractivity contribution in [3.8, 4) is 5.75 Å². The lowest BCUT2D eigenvalue weighted by Gasteiger charge is -2.14. The first kappa shape index (κ1) is 16.1. The van der Waals surface area contributed by atoms with E-state index in [1.165, 1.54) is 25.1 Å². The third-order valence-electron chi connectivity index (χ3n) is 2.88. The normalized spacial score (nSPS) is 11.6. The fourth-order valence-corrected chi connectivity index (χ4v) is 1.75. The summed E-state index contributed by atoms with van der Waals surface area (Å²) in [5.41, 5.74) is -0.259. The maximum atomic E-state index is 12.0. The van der Waals surface area contributed by atoms with Gasteiger partial charge in [0.15, 0.2) is 18.2 Å². The summed E-state index contributed by atoms with van der Waals surface area (Å²) in [7, 11) is 0. The molecule has 0 spiro atoms. The minimum atomic E-state index is -0.952. The van der Waals surface area contributed by atoms with Crippen molar-refractivity contribution in [3.63, 3.8) is 0 Å². The number of hydrogen-bond acceptors (Lipinski definition) is 7. The minimum absolute atomic E-state index is 0.0175. The first-order chi connectivity index (χ1) is 10.9. The number of ether oxygens (including phenoxy) is 1. The fraction of sp³-hybridized carbons (Fsp3) is 0.214. The number of nitro groups is 1. The molecule has 0 aliphatic heterocycles. The lowest BCUT2D eigenvalue weighted by Crippen LogP contribution is -2.30. The lowest BCUT2D eigenvalue weighted by atomic mass is 10.2. The van der Waals surface area contributed by atoms with Gasteiger partial charge in [0, 0.05) is 18.2 Å². The number of aromatic nitrogens is 1. The van der Waals surface area contributed by atoms with Gasteiger partial charge in [-0.3, -0.25) is 19.7 Å². The second-order valence-corrected chi connectivity index (χ2v) is 4.67. The Bertz CT molecular complexity index is 755. The maximum absolute atomic E-state index is 12.0. The molecule has 9 nitrogen and oxygen atoms in total. The van der Waals surface area contributed by atoms with Gasteiger partial charge in [-0.2, -0.15) is 0 Å². The molecule has 120 valence electrons. The van der Waals surface area contributed by atoms with Crippen LogP contribution < -0.4 is 10.1 Å². The van der Waals surface area contributed by atoms with Crippen LogP contribution in [0.4, 0.5) is 11.5 Å². The monoisotopic (exact) mass is 319 g/mol. The highest BCUT2D eigenvalue weighted by molar-refractivity contribution is 5.93. The van der Waals surface area contributed by atoms with E-state index in [0.29, 0.717) is 12.0 Å². The van der Waals surface area contributed by atoms with Crippen LogP contribution in [0.5, 0.6) is 5.75 Å². The average molecular weight is 319 g/mol. The van der Waals surface area contributed by atoms with E-state index in [0.717, 1.165) is 6.07 Å². The molecule has 0 saturated heterocycles. The molecule has 0 bridgehead atoms. The number of hydrogen-bond donors (Lipinski definition) is 1. The van der Waals surface area contributed by atoms with Gasteiger partial charge < -0.3 is 14.6 Å². The number of aryl methyl sites for hydroxylation is 1. The first-order valence-electron chi connectivity index (χ1n) is 6.55. The summed E-state index contributed by atoms with van der Waals surface area (Å²) in [6.07, 6.45) is -0.527. The molecule has 0 saturated carbocycles. The van der Waals surface area contributed by atoms with Crippen molar-refractivity contribution in [1.82, 2.24) is 5.16 Å². The fourth-order valence-electron chi connectivity index (χ4n) is 1.75. The van der Waals surface area contributed by atoms with Crippen LogP contribution in [-0.4, -0.2) is 28.4 Å². The Hall–Kier alpha value is -3.23. The van der Waals surface area contributed by atoms with E-state index in [1.54, 1.807) is 6.92 Å². The number of non-ortho nitro benzene ring substituents is 1. The molecule has 0 aliphatic carbocycles. The number of benzene rings is 1. The van der Waals surface area contributed by atoms with E-state index in [1.807, 2.05) is 0 Å². The molecule has 1 amide bonds. The van der Waals surface area contributed by atoms with Crippen molar-refractivity contribution >= 4 is 23.7 Å². The SMILES string of the molecule is Cc1cc(NC(=O)[C@@H](C)Oc2ccc([N+](=O)[O-])cc2C=O)no1. The van der Waals surface area contributed by atoms with Gasteiger partial charge >= 0.3 is 0 Å². The molecular weight excluding hydrogens is 306 g/mol. The summed E-state index contributed by atoms with van der Waals surface area (Å²) in [6, 6.07) is 5.07. The molecule has 1 heterocycles. The van der Waals surface area contributed by atoms with E-state index < -0.39 is 16.9 Å². The predicted molar refractivity (Wildman–Crippen MR) is 78.4 cm³/mol. The Kier molecular flexibility index (Phi) is 4.69. The van der Waals surface area contributed by atoms with Gasteiger partial charge in [0.05, 0.1) is 10.5 Å². The molecule has 9 heteroatoms. The predicted octanol–water partition coefficient (Wildman–Crippen LogP) is 2.11. The van der Waals surface area contributed by atoms with Crippen LogP contribution >= 0.6 is 0 Å². The number of nitrogens with zero attached hydrogens (tertiary/aromatic N) is 2. The van der Waals surface area contributed by atoms with E-state index in [9.17, 15) is 19.7 Å². The molecule has 23 heavy (non-hydrogen) atoms. The van der Waals surface area contributed by atoms with Crippen LogP contribution in [-0.2, 0) is 4.79 Å². The van der Waals surface area contributed by atoms with E-state index >= 15 is 0 Å². The van der Waals surface area contributed by atoms with Crippen molar-refractivity contribution in [2.75, 3.05) is 5.32 Å². The van der Waals surface area contributed by atoms with Crippen molar-refractivity contribution < 1.29 is 23.8 Å². The average Bonchev–Trinajstić information content (AvgIpc) is 2.92. The zero-order valence-electron chi connectivity index (χ0n) is 12.3. The van der Waals surface area contributed by atoms with Gasteiger partial charge in [0.2, 0.25) is 0 Å². The zero-order valence-corrected chi connectivity index (χ0v) is 12.3. The molecule has 0 fully saturated rings. The molecule has 2 aromatic rings. The quantitative estimate of drug-likeness (QED) is 0.491. The van der Waals surface area contributed by atoms with Gasteiger partial charge in [0.1, 0.15) is 11.5 Å². The smallest absolute Gasteiger partial charge is 0.270 e. The Morgan fingerprint density at radius 1 is 1.48 bits per heavy atom. The Balaban J connectivity index is 2.09. The molecular formula is C14H13N3O6. The number of nitrogens with one attached hydrogen (secondary N) is 1. The van der Waals surface area contributed by atoms with Gasteiger partial charge in [-0.25, -0.2) is 0 Å². The molecule has 1 aromatic carbocycles. The van der Waals surface area contributed by atoms with Crippen molar-refractivity contribution in [2.45, 2.75) is 20.0 Å². The molecule has 0 radical (unpaired) electrons. The van der Waals surface area contributed by atoms with E-state index in [2.05, 4.69) is 10.5 Å². The van der Waals surface area contributed by atoms with Gasteiger partial charge in [0.25, 0.3) is 11.6 Å². The number of nitro benzene ring substituents is 1. The number of rotatable bonds is 6. The first-order valence-corrected chi connectivity index (χ1v) is 6.55. The molecule has 1 aromatic heterocycles. The van der Waals surface area contributed by atoms with Crippen LogP contribution in [0.1, 0.15) is 23.0 Å². The van der Waals surface area contributed by atoms with Gasteiger partial charge in [-0.15, -0.1) is 0 Å². The van der Waals surface area contributed by atoms with E-state index in [4.69, 9.17) is 9.26 Å². The molecule has 2 rings (SSSR count). The summed E-state index contributed by atoms with van der Waals surface area (Å²) in [5.74, 6) is 0.341. The highest BCUT2D eigenvalue weighted by atomic mass is 16.6. The highest BCUT2D eigenvalue weighted by Gasteiger charge is 2.19. The van der Waals surface area contributed by atoms with Crippen molar-refractivity contribution in [1.29, 1.82) is 0 Å². The largest absolute Gasteiger partial charge is 0.480 e. The number of carbonyl (C=O) groups excluding carboxylic acids is 2. The minimum Gasteiger partial charge on any atom is -0.480 e. The van der Waals surface area contributed by atoms with Crippen LogP contribution in [0.15, 0.2) is 28.8 Å². The topological polar surface area (TPSA) is 125 Å². The summed E-state index contributed by atoms with van der Waals surface area (Å²) >= 11 is 0. The maximum Gasteiger partial charge on any atom is 0.270 e. The number of carbonyl (C=O) groups is 2. The standard InChI is InChI=1S/C14H13N3O6/c1-8-5-13(16-23-8)15-14(19)9(2)22-12-4-3-11(17(20)21)6-10(12)7-18/h3-7,9H,1-2H3,(H,15,16,19)/t9-/m1/s1. The molecule has 1 atom stereocenters. The van der Waals surface area contributed by atoms with Gasteiger partial charge in [-0.05, 0) is 19.9 Å². The highest BCUT2D eigenvalue weighted by Crippen LogP contribution is 2.24. The number of aldehydes is 1. The third-order valence-corrected chi connectivity index (χ3v) is 2.88. The second-order valence-electron chi connectivity index (χ2n) is 4.67. The van der Waals surface area contributed by atoms with Crippen LogP contribution in [0.2, 0.25) is 0 Å². The summed E-state index contributed by atoms with van der Waals surface area (Å²) < 4.78 is 10.2. The van der Waals surface area contributed by atoms with Crippen molar-refractivity contribution in [2.24, 2.45) is 0 Å². The van der Waals surface area contributed by atoms with Crippen LogP contribution in [0, 0.1) is 17.0 Å². The molecule has 0 unspecified atom stereocenters. The van der Waals surface area contributed by atoms with Crippen LogP contribution in [0.3, 0.4) is 0 Å². The van der Waals surface area contributed by atoms with E-state index in [-0.39, 0.29) is 22.8 Å². The second kappa shape index (κ2) is 6.69.